The number of likely N-dealkylation sites (N-methyl/N-ethyl adjacent to an activating group) is 1. The molecule has 0 heterocycles. The number of rotatable bonds is 4. The highest BCUT2D eigenvalue weighted by Crippen LogP contribution is 2.28. The Morgan fingerprint density at radius 1 is 1.33 bits per heavy atom. The van der Waals surface area contributed by atoms with Gasteiger partial charge < -0.3 is 4.74 Å². The lowest BCUT2D eigenvalue weighted by molar-refractivity contribution is -0.151. The van der Waals surface area contributed by atoms with E-state index in [1.54, 1.807) is 0 Å². The van der Waals surface area contributed by atoms with Crippen LogP contribution in [0.3, 0.4) is 0 Å². The van der Waals surface area contributed by atoms with Crippen LogP contribution in [0.4, 0.5) is 0 Å². The summed E-state index contributed by atoms with van der Waals surface area (Å²) in [5.74, 6) is 0.446. The van der Waals surface area contributed by atoms with E-state index in [0.717, 1.165) is 0 Å². The molecule has 0 aromatic heterocycles. The van der Waals surface area contributed by atoms with E-state index in [-0.39, 0.29) is 12.0 Å². The van der Waals surface area contributed by atoms with Crippen molar-refractivity contribution in [3.63, 3.8) is 0 Å². The second kappa shape index (κ2) is 6.11. The zero-order valence-corrected chi connectivity index (χ0v) is 10.2. The molecule has 1 rings (SSSR count). The number of esters is 1. The Kier molecular flexibility index (Phi) is 5.09. The maximum absolute atomic E-state index is 11.8. The van der Waals surface area contributed by atoms with Crippen LogP contribution in [0.25, 0.3) is 0 Å². The van der Waals surface area contributed by atoms with Crippen LogP contribution in [0.5, 0.6) is 0 Å². The van der Waals surface area contributed by atoms with Crippen molar-refractivity contribution in [3.8, 4) is 0 Å². The molecule has 3 heteroatoms. The molecule has 0 saturated heterocycles. The van der Waals surface area contributed by atoms with Crippen LogP contribution in [0.2, 0.25) is 0 Å². The molecule has 88 valence electrons. The summed E-state index contributed by atoms with van der Waals surface area (Å²) in [6, 6.07) is -0.0368. The summed E-state index contributed by atoms with van der Waals surface area (Å²) in [5.41, 5.74) is 0. The van der Waals surface area contributed by atoms with Crippen molar-refractivity contribution in [1.82, 2.24) is 4.90 Å². The molecule has 0 spiro atoms. The largest absolute Gasteiger partial charge is 0.465 e. The van der Waals surface area contributed by atoms with Gasteiger partial charge in [-0.3, -0.25) is 9.69 Å². The third-order valence-corrected chi connectivity index (χ3v) is 3.18. The van der Waals surface area contributed by atoms with Crippen molar-refractivity contribution >= 4 is 5.97 Å². The summed E-state index contributed by atoms with van der Waals surface area (Å²) in [7, 11) is 3.94. The molecular formula is C12H23NO2. The third-order valence-electron chi connectivity index (χ3n) is 3.18. The van der Waals surface area contributed by atoms with E-state index in [0.29, 0.717) is 12.5 Å². The van der Waals surface area contributed by atoms with E-state index in [1.165, 1.54) is 32.1 Å². The molecule has 0 amide bonds. The van der Waals surface area contributed by atoms with Gasteiger partial charge in [-0.05, 0) is 39.8 Å². The van der Waals surface area contributed by atoms with Crippen LogP contribution in [0, 0.1) is 5.92 Å². The second-order valence-corrected chi connectivity index (χ2v) is 4.56. The molecule has 1 aliphatic carbocycles. The SMILES string of the molecule is CCOC(=O)C(C1CCCCC1)N(C)C. The van der Waals surface area contributed by atoms with Gasteiger partial charge in [-0.15, -0.1) is 0 Å². The quantitative estimate of drug-likeness (QED) is 0.669. The predicted octanol–water partition coefficient (Wildman–Crippen LogP) is 2.06. The van der Waals surface area contributed by atoms with Gasteiger partial charge in [0.2, 0.25) is 0 Å². The van der Waals surface area contributed by atoms with Gasteiger partial charge >= 0.3 is 5.97 Å². The topological polar surface area (TPSA) is 29.5 Å². The molecule has 3 nitrogen and oxygen atoms in total. The summed E-state index contributed by atoms with van der Waals surface area (Å²) in [4.78, 5) is 13.8. The Hall–Kier alpha value is -0.570. The number of ether oxygens (including phenoxy) is 1. The number of carbonyl (C=O) groups excluding carboxylic acids is 1. The molecule has 0 aliphatic heterocycles. The average Bonchev–Trinajstić information content (AvgIpc) is 2.19. The highest BCUT2D eigenvalue weighted by molar-refractivity contribution is 5.76. The standard InChI is InChI=1S/C12H23NO2/c1-4-15-12(14)11(13(2)3)10-8-6-5-7-9-10/h10-11H,4-9H2,1-3H3. The van der Waals surface area contributed by atoms with E-state index in [1.807, 2.05) is 25.9 Å². The number of carbonyl (C=O) groups is 1. The predicted molar refractivity (Wildman–Crippen MR) is 60.7 cm³/mol. The molecule has 0 radical (unpaired) electrons. The van der Waals surface area contributed by atoms with Gasteiger partial charge in [0.25, 0.3) is 0 Å². The molecule has 1 saturated carbocycles. The van der Waals surface area contributed by atoms with E-state index in [4.69, 9.17) is 4.74 Å². The van der Waals surface area contributed by atoms with Gasteiger partial charge in [0.05, 0.1) is 6.61 Å². The monoisotopic (exact) mass is 213 g/mol. The molecule has 1 atom stereocenters. The maximum atomic E-state index is 11.8. The Morgan fingerprint density at radius 3 is 2.40 bits per heavy atom. The molecule has 0 N–H and O–H groups in total. The lowest BCUT2D eigenvalue weighted by atomic mass is 9.83. The summed E-state index contributed by atoms with van der Waals surface area (Å²) < 4.78 is 5.14. The minimum absolute atomic E-state index is 0.0368. The van der Waals surface area contributed by atoms with E-state index < -0.39 is 0 Å². The zero-order valence-electron chi connectivity index (χ0n) is 10.2. The Bertz CT molecular complexity index is 198. The Balaban J connectivity index is 2.59. The molecular weight excluding hydrogens is 190 g/mol. The van der Waals surface area contributed by atoms with Gasteiger partial charge in [0, 0.05) is 0 Å². The highest BCUT2D eigenvalue weighted by Gasteiger charge is 2.32. The maximum Gasteiger partial charge on any atom is 0.323 e. The fourth-order valence-corrected chi connectivity index (χ4v) is 2.50. The third kappa shape index (κ3) is 3.49. The fraction of sp³-hybridized carbons (Fsp3) is 0.917. The van der Waals surface area contributed by atoms with Gasteiger partial charge in [-0.2, -0.15) is 0 Å². The lowest BCUT2D eigenvalue weighted by Gasteiger charge is -2.32. The van der Waals surface area contributed by atoms with Gasteiger partial charge in [0.1, 0.15) is 6.04 Å². The number of hydrogen-bond acceptors (Lipinski definition) is 3. The van der Waals surface area contributed by atoms with Gasteiger partial charge in [-0.1, -0.05) is 19.3 Å². The number of nitrogens with zero attached hydrogens (tertiary/aromatic N) is 1. The first-order valence-corrected chi connectivity index (χ1v) is 6.00. The Morgan fingerprint density at radius 2 is 1.93 bits per heavy atom. The zero-order chi connectivity index (χ0) is 11.3. The summed E-state index contributed by atoms with van der Waals surface area (Å²) >= 11 is 0. The first-order valence-electron chi connectivity index (χ1n) is 6.00. The Labute approximate surface area is 92.8 Å². The second-order valence-electron chi connectivity index (χ2n) is 4.56. The summed E-state index contributed by atoms with van der Waals surface area (Å²) in [6.07, 6.45) is 6.17. The van der Waals surface area contributed by atoms with E-state index >= 15 is 0 Å². The minimum atomic E-state index is -0.0469. The lowest BCUT2D eigenvalue weighted by Crippen LogP contribution is -2.43. The van der Waals surface area contributed by atoms with E-state index in [9.17, 15) is 4.79 Å². The van der Waals surface area contributed by atoms with Gasteiger partial charge in [0.15, 0.2) is 0 Å². The van der Waals surface area contributed by atoms with Crippen LogP contribution in [0.15, 0.2) is 0 Å². The van der Waals surface area contributed by atoms with Crippen LogP contribution in [0.1, 0.15) is 39.0 Å². The molecule has 1 fully saturated rings. The smallest absolute Gasteiger partial charge is 0.323 e. The van der Waals surface area contributed by atoms with Crippen LogP contribution >= 0.6 is 0 Å². The molecule has 1 unspecified atom stereocenters. The van der Waals surface area contributed by atoms with E-state index in [2.05, 4.69) is 0 Å². The molecule has 0 bridgehead atoms. The van der Waals surface area contributed by atoms with Crippen LogP contribution in [-0.2, 0) is 9.53 Å². The normalized spacial score (nSPS) is 20.3. The number of hydrogen-bond donors (Lipinski definition) is 0. The van der Waals surface area contributed by atoms with Crippen LogP contribution < -0.4 is 0 Å². The van der Waals surface area contributed by atoms with Crippen molar-refractivity contribution < 1.29 is 9.53 Å². The van der Waals surface area contributed by atoms with Crippen molar-refractivity contribution in [2.75, 3.05) is 20.7 Å². The van der Waals surface area contributed by atoms with Crippen LogP contribution in [-0.4, -0.2) is 37.6 Å². The molecule has 1 aliphatic rings. The van der Waals surface area contributed by atoms with Crippen molar-refractivity contribution in [3.05, 3.63) is 0 Å². The van der Waals surface area contributed by atoms with Crippen molar-refractivity contribution in [1.29, 1.82) is 0 Å². The molecule has 0 aromatic rings. The van der Waals surface area contributed by atoms with Crippen molar-refractivity contribution in [2.45, 2.75) is 45.1 Å². The van der Waals surface area contributed by atoms with Crippen molar-refractivity contribution in [2.24, 2.45) is 5.92 Å². The molecule has 0 aromatic carbocycles. The average molecular weight is 213 g/mol. The molecule has 15 heavy (non-hydrogen) atoms. The van der Waals surface area contributed by atoms with Gasteiger partial charge in [-0.25, -0.2) is 0 Å². The first kappa shape index (κ1) is 12.5. The summed E-state index contributed by atoms with van der Waals surface area (Å²) in [5, 5.41) is 0. The first-order chi connectivity index (χ1) is 7.16. The highest BCUT2D eigenvalue weighted by atomic mass is 16.5. The fourth-order valence-electron chi connectivity index (χ4n) is 2.50. The minimum Gasteiger partial charge on any atom is -0.465 e. The summed E-state index contributed by atoms with van der Waals surface area (Å²) in [6.45, 7) is 2.35.